The molecule has 9 heteroatoms. The number of nitrogens with one attached hydrogen (secondary N) is 2. The van der Waals surface area contributed by atoms with Gasteiger partial charge in [0.15, 0.2) is 0 Å². The minimum Gasteiger partial charge on any atom is -0.467 e. The third kappa shape index (κ3) is 3.96. The molecular formula is C19H16ClN3O5. The molecule has 3 aromatic rings. The molecule has 0 bridgehead atoms. The first-order valence-electron chi connectivity index (χ1n) is 8.28. The van der Waals surface area contributed by atoms with Gasteiger partial charge in [0.2, 0.25) is 0 Å². The third-order valence-electron chi connectivity index (χ3n) is 4.30. The highest BCUT2D eigenvalue weighted by Gasteiger charge is 2.25. The second-order valence-corrected chi connectivity index (χ2v) is 6.44. The molecule has 0 radical (unpaired) electrons. The van der Waals surface area contributed by atoms with Gasteiger partial charge < -0.3 is 15.0 Å². The standard InChI is InChI=1S/C19H16ClN3O5/c1-28-19(25)17(8-11-10-21-16-5-3-2-4-13(11)16)22-18(24)14-7-6-12(23(26)27)9-15(14)20/h2-7,9-10,17,21H,8H2,1H3,(H,22,24). The van der Waals surface area contributed by atoms with Crippen molar-refractivity contribution in [2.75, 3.05) is 7.11 Å². The molecule has 8 nitrogen and oxygen atoms in total. The second kappa shape index (κ2) is 8.10. The van der Waals surface area contributed by atoms with Crippen LogP contribution in [0.5, 0.6) is 0 Å². The quantitative estimate of drug-likeness (QED) is 0.374. The van der Waals surface area contributed by atoms with Crippen molar-refractivity contribution in [1.29, 1.82) is 0 Å². The third-order valence-corrected chi connectivity index (χ3v) is 4.61. The molecule has 1 heterocycles. The number of H-pyrrole nitrogens is 1. The average molecular weight is 402 g/mol. The molecule has 0 spiro atoms. The maximum atomic E-state index is 12.6. The smallest absolute Gasteiger partial charge is 0.328 e. The summed E-state index contributed by atoms with van der Waals surface area (Å²) in [6, 6.07) is 10.1. The van der Waals surface area contributed by atoms with Gasteiger partial charge >= 0.3 is 5.97 Å². The maximum absolute atomic E-state index is 12.6. The number of rotatable bonds is 6. The van der Waals surface area contributed by atoms with Gasteiger partial charge in [-0.15, -0.1) is 0 Å². The lowest BCUT2D eigenvalue weighted by molar-refractivity contribution is -0.384. The van der Waals surface area contributed by atoms with Crippen LogP contribution in [0.15, 0.2) is 48.7 Å². The van der Waals surface area contributed by atoms with Gasteiger partial charge in [0.1, 0.15) is 6.04 Å². The van der Waals surface area contributed by atoms with Crippen LogP contribution in [-0.4, -0.2) is 34.9 Å². The van der Waals surface area contributed by atoms with E-state index in [4.69, 9.17) is 16.3 Å². The van der Waals surface area contributed by atoms with Crippen molar-refractivity contribution in [2.24, 2.45) is 0 Å². The monoisotopic (exact) mass is 401 g/mol. The zero-order valence-electron chi connectivity index (χ0n) is 14.8. The number of benzene rings is 2. The van der Waals surface area contributed by atoms with Crippen LogP contribution < -0.4 is 5.32 Å². The molecule has 0 aliphatic rings. The Morgan fingerprint density at radius 1 is 1.29 bits per heavy atom. The summed E-state index contributed by atoms with van der Waals surface area (Å²) in [5.74, 6) is -1.24. The summed E-state index contributed by atoms with van der Waals surface area (Å²) < 4.78 is 4.80. The molecule has 0 saturated carbocycles. The number of non-ortho nitro benzene ring substituents is 1. The van der Waals surface area contributed by atoms with Gasteiger partial charge in [-0.2, -0.15) is 0 Å². The highest BCUT2D eigenvalue weighted by Crippen LogP contribution is 2.23. The van der Waals surface area contributed by atoms with E-state index >= 15 is 0 Å². The number of nitrogens with zero attached hydrogens (tertiary/aromatic N) is 1. The van der Waals surface area contributed by atoms with E-state index in [-0.39, 0.29) is 22.7 Å². The molecular weight excluding hydrogens is 386 g/mol. The SMILES string of the molecule is COC(=O)C(Cc1c[nH]c2ccccc12)NC(=O)c1ccc([N+](=O)[O-])cc1Cl. The molecule has 144 valence electrons. The molecule has 1 unspecified atom stereocenters. The summed E-state index contributed by atoms with van der Waals surface area (Å²) in [5.41, 5.74) is 1.54. The lowest BCUT2D eigenvalue weighted by Gasteiger charge is -2.16. The van der Waals surface area contributed by atoms with E-state index in [1.807, 2.05) is 24.3 Å². The minimum absolute atomic E-state index is 0.0279. The number of ether oxygens (including phenoxy) is 1. The van der Waals surface area contributed by atoms with E-state index in [2.05, 4.69) is 10.3 Å². The highest BCUT2D eigenvalue weighted by molar-refractivity contribution is 6.34. The molecule has 2 aromatic carbocycles. The maximum Gasteiger partial charge on any atom is 0.328 e. The fraction of sp³-hybridized carbons (Fsp3) is 0.158. The van der Waals surface area contributed by atoms with Gasteiger partial charge in [0, 0.05) is 35.7 Å². The summed E-state index contributed by atoms with van der Waals surface area (Å²) >= 11 is 6.00. The zero-order valence-corrected chi connectivity index (χ0v) is 15.5. The molecule has 0 aliphatic carbocycles. The number of halogens is 1. The largest absolute Gasteiger partial charge is 0.467 e. The van der Waals surface area contributed by atoms with Crippen LogP contribution in [0.4, 0.5) is 5.69 Å². The van der Waals surface area contributed by atoms with Gasteiger partial charge in [0.05, 0.1) is 22.6 Å². The van der Waals surface area contributed by atoms with Crippen molar-refractivity contribution in [3.63, 3.8) is 0 Å². The fourth-order valence-corrected chi connectivity index (χ4v) is 3.15. The molecule has 0 aliphatic heterocycles. The van der Waals surface area contributed by atoms with E-state index in [1.54, 1.807) is 6.20 Å². The normalized spacial score (nSPS) is 11.8. The van der Waals surface area contributed by atoms with E-state index in [0.717, 1.165) is 22.5 Å². The fourth-order valence-electron chi connectivity index (χ4n) is 2.89. The Hall–Kier alpha value is -3.39. The number of para-hydroxylation sites is 1. The molecule has 3 rings (SSSR count). The Morgan fingerprint density at radius 2 is 2.04 bits per heavy atom. The number of fused-ring (bicyclic) bond motifs is 1. The molecule has 1 aromatic heterocycles. The number of carbonyl (C=O) groups excluding carboxylic acids is 2. The Labute approximate surface area is 164 Å². The van der Waals surface area contributed by atoms with Crippen LogP contribution in [0.2, 0.25) is 5.02 Å². The average Bonchev–Trinajstić information content (AvgIpc) is 3.09. The lowest BCUT2D eigenvalue weighted by atomic mass is 10.0. The number of amides is 1. The number of nitro groups is 1. The predicted molar refractivity (Wildman–Crippen MR) is 103 cm³/mol. The summed E-state index contributed by atoms with van der Waals surface area (Å²) in [6.45, 7) is 0. The van der Waals surface area contributed by atoms with Crippen LogP contribution in [0.3, 0.4) is 0 Å². The zero-order chi connectivity index (χ0) is 20.3. The number of hydrogen-bond acceptors (Lipinski definition) is 5. The molecule has 28 heavy (non-hydrogen) atoms. The summed E-state index contributed by atoms with van der Waals surface area (Å²) in [4.78, 5) is 38.1. The summed E-state index contributed by atoms with van der Waals surface area (Å²) in [6.07, 6.45) is 1.97. The van der Waals surface area contributed by atoms with Gasteiger partial charge in [-0.05, 0) is 17.7 Å². The van der Waals surface area contributed by atoms with Gasteiger partial charge in [-0.3, -0.25) is 14.9 Å². The number of esters is 1. The van der Waals surface area contributed by atoms with Crippen molar-refractivity contribution < 1.29 is 19.2 Å². The van der Waals surface area contributed by atoms with Crippen molar-refractivity contribution in [3.8, 4) is 0 Å². The Kier molecular flexibility index (Phi) is 5.60. The number of nitro benzene ring substituents is 1. The number of carbonyl (C=O) groups is 2. The van der Waals surface area contributed by atoms with Crippen molar-refractivity contribution >= 4 is 40.1 Å². The van der Waals surface area contributed by atoms with Gasteiger partial charge in [0.25, 0.3) is 11.6 Å². The van der Waals surface area contributed by atoms with Crippen LogP contribution in [-0.2, 0) is 16.0 Å². The second-order valence-electron chi connectivity index (χ2n) is 6.03. The van der Waals surface area contributed by atoms with Crippen LogP contribution in [0.25, 0.3) is 10.9 Å². The first-order valence-corrected chi connectivity index (χ1v) is 8.66. The molecule has 0 saturated heterocycles. The molecule has 0 fully saturated rings. The number of methoxy groups -OCH3 is 1. The Morgan fingerprint density at radius 3 is 2.71 bits per heavy atom. The highest BCUT2D eigenvalue weighted by atomic mass is 35.5. The molecule has 1 atom stereocenters. The van der Waals surface area contributed by atoms with Crippen LogP contribution >= 0.6 is 11.6 Å². The first-order chi connectivity index (χ1) is 13.4. The summed E-state index contributed by atoms with van der Waals surface area (Å²) in [7, 11) is 1.23. The van der Waals surface area contributed by atoms with Gasteiger partial charge in [-0.1, -0.05) is 29.8 Å². The Bertz CT molecular complexity index is 1060. The first kappa shape index (κ1) is 19.4. The molecule has 1 amide bonds. The number of hydrogen-bond donors (Lipinski definition) is 2. The van der Waals surface area contributed by atoms with E-state index in [1.165, 1.54) is 19.2 Å². The summed E-state index contributed by atoms with van der Waals surface area (Å²) in [5, 5.41) is 14.3. The van der Waals surface area contributed by atoms with Crippen LogP contribution in [0, 0.1) is 10.1 Å². The van der Waals surface area contributed by atoms with Crippen molar-refractivity contribution in [2.45, 2.75) is 12.5 Å². The van der Waals surface area contributed by atoms with Crippen LogP contribution in [0.1, 0.15) is 15.9 Å². The molecule has 2 N–H and O–H groups in total. The lowest BCUT2D eigenvalue weighted by Crippen LogP contribution is -2.43. The predicted octanol–water partition coefficient (Wildman–Crippen LogP) is 3.24. The van der Waals surface area contributed by atoms with Gasteiger partial charge in [-0.25, -0.2) is 4.79 Å². The minimum atomic E-state index is -0.956. The number of aromatic nitrogens is 1. The van der Waals surface area contributed by atoms with E-state index in [0.29, 0.717) is 0 Å². The van der Waals surface area contributed by atoms with E-state index in [9.17, 15) is 19.7 Å². The Balaban J connectivity index is 1.84. The van der Waals surface area contributed by atoms with Crippen molar-refractivity contribution in [3.05, 3.63) is 74.9 Å². The van der Waals surface area contributed by atoms with Crippen molar-refractivity contribution in [1.82, 2.24) is 10.3 Å². The topological polar surface area (TPSA) is 114 Å². The van der Waals surface area contributed by atoms with E-state index < -0.39 is 22.8 Å². The number of aromatic amines is 1.